The highest BCUT2D eigenvalue weighted by Crippen LogP contribution is 2.23. The molecule has 1 aliphatic rings. The van der Waals surface area contributed by atoms with Gasteiger partial charge >= 0.3 is 6.18 Å². The number of benzene rings is 1. The Morgan fingerprint density at radius 2 is 2.20 bits per heavy atom. The van der Waals surface area contributed by atoms with Gasteiger partial charge in [0, 0.05) is 18.4 Å². The number of nitrogens with one attached hydrogen (secondary N) is 2. The molecule has 2 heterocycles. The van der Waals surface area contributed by atoms with Gasteiger partial charge in [-0.05, 0) is 43.1 Å². The van der Waals surface area contributed by atoms with Crippen LogP contribution in [0.3, 0.4) is 0 Å². The number of carbonyl (C=O) groups excluding carboxylic acids is 1. The van der Waals surface area contributed by atoms with Crippen LogP contribution in [0.1, 0.15) is 34.9 Å². The number of hydrogen-bond acceptors (Lipinski definition) is 3. The van der Waals surface area contributed by atoms with Crippen LogP contribution >= 0.6 is 0 Å². The van der Waals surface area contributed by atoms with Crippen molar-refractivity contribution in [1.82, 2.24) is 15.1 Å². The minimum Gasteiger partial charge on any atom is -0.321 e. The average molecular weight is 352 g/mol. The van der Waals surface area contributed by atoms with Gasteiger partial charge in [-0.25, -0.2) is 0 Å². The molecule has 134 valence electrons. The Bertz CT molecular complexity index is 735. The van der Waals surface area contributed by atoms with E-state index in [9.17, 15) is 18.0 Å². The second-order valence-corrected chi connectivity index (χ2v) is 6.13. The number of anilines is 1. The van der Waals surface area contributed by atoms with Crippen molar-refractivity contribution < 1.29 is 18.0 Å². The van der Waals surface area contributed by atoms with Gasteiger partial charge in [0.15, 0.2) is 5.69 Å². The Morgan fingerprint density at radius 3 is 2.92 bits per heavy atom. The molecule has 0 aliphatic carbocycles. The molecule has 1 fully saturated rings. The highest BCUT2D eigenvalue weighted by atomic mass is 19.4. The van der Waals surface area contributed by atoms with Crippen molar-refractivity contribution in [3.05, 3.63) is 47.8 Å². The number of amides is 1. The molecule has 1 amide bonds. The topological polar surface area (TPSA) is 59.0 Å². The number of nitrogens with zero attached hydrogens (tertiary/aromatic N) is 2. The maximum Gasteiger partial charge on any atom is 0.393 e. The molecule has 2 N–H and O–H groups in total. The molecular weight excluding hydrogens is 333 g/mol. The van der Waals surface area contributed by atoms with E-state index in [0.29, 0.717) is 5.69 Å². The minimum atomic E-state index is -4.28. The third kappa shape index (κ3) is 4.82. The summed E-state index contributed by atoms with van der Waals surface area (Å²) in [5.41, 5.74) is 0.663. The summed E-state index contributed by atoms with van der Waals surface area (Å²) in [6, 6.07) is 7.58. The van der Waals surface area contributed by atoms with Crippen LogP contribution in [-0.4, -0.2) is 35.0 Å². The van der Waals surface area contributed by atoms with Crippen LogP contribution in [0.25, 0.3) is 0 Å². The lowest BCUT2D eigenvalue weighted by Gasteiger charge is -2.22. The van der Waals surface area contributed by atoms with Crippen molar-refractivity contribution in [1.29, 1.82) is 0 Å². The lowest BCUT2D eigenvalue weighted by Crippen LogP contribution is -2.32. The summed E-state index contributed by atoms with van der Waals surface area (Å²) in [5.74, 6) is -0.438. The predicted octanol–water partition coefficient (Wildman–Crippen LogP) is 3.16. The fourth-order valence-corrected chi connectivity index (χ4v) is 2.91. The summed E-state index contributed by atoms with van der Waals surface area (Å²) in [6.07, 6.45) is -1.50. The molecule has 1 unspecified atom stereocenters. The Balaban J connectivity index is 1.66. The fraction of sp³-hybridized carbons (Fsp3) is 0.412. The van der Waals surface area contributed by atoms with E-state index in [2.05, 4.69) is 15.7 Å². The maximum atomic E-state index is 12.5. The molecule has 3 rings (SSSR count). The second-order valence-electron chi connectivity index (χ2n) is 6.13. The van der Waals surface area contributed by atoms with Crippen LogP contribution in [-0.2, 0) is 6.42 Å². The monoisotopic (exact) mass is 352 g/mol. The first-order chi connectivity index (χ1) is 11.9. The quantitative estimate of drug-likeness (QED) is 0.889. The van der Waals surface area contributed by atoms with Gasteiger partial charge in [0.1, 0.15) is 0 Å². The molecule has 8 heteroatoms. The number of alkyl halides is 3. The number of rotatable bonds is 4. The van der Waals surface area contributed by atoms with Crippen molar-refractivity contribution in [2.45, 2.75) is 31.5 Å². The third-order valence-electron chi connectivity index (χ3n) is 4.08. The maximum absolute atomic E-state index is 12.5. The van der Waals surface area contributed by atoms with Crippen molar-refractivity contribution in [2.24, 2.45) is 0 Å². The first-order valence-electron chi connectivity index (χ1n) is 8.14. The fourth-order valence-electron chi connectivity index (χ4n) is 2.91. The molecule has 1 aromatic heterocycles. The molecule has 0 bridgehead atoms. The van der Waals surface area contributed by atoms with E-state index < -0.39 is 18.5 Å². The molecule has 0 saturated carbocycles. The van der Waals surface area contributed by atoms with Gasteiger partial charge in [-0.15, -0.1) is 0 Å². The molecule has 1 aromatic carbocycles. The molecule has 5 nitrogen and oxygen atoms in total. The standard InChI is InChI=1S/C17H19F3N4O/c18-17(19,20)10-12-3-1-4-13(9-12)22-16(25)15-6-8-24(23-15)14-5-2-7-21-11-14/h1,3-4,6,8-9,14,21H,2,5,7,10-11H2,(H,22,25). The zero-order chi connectivity index (χ0) is 17.9. The van der Waals surface area contributed by atoms with Crippen LogP contribution < -0.4 is 10.6 Å². The molecule has 1 atom stereocenters. The average Bonchev–Trinajstić information content (AvgIpc) is 3.04. The zero-order valence-corrected chi connectivity index (χ0v) is 13.5. The molecule has 0 spiro atoms. The molecule has 2 aromatic rings. The summed E-state index contributed by atoms with van der Waals surface area (Å²) in [6.45, 7) is 1.79. The van der Waals surface area contributed by atoms with E-state index in [0.717, 1.165) is 25.9 Å². The summed E-state index contributed by atoms with van der Waals surface area (Å²) in [5, 5.41) is 10.2. The van der Waals surface area contributed by atoms with Crippen LogP contribution in [0.15, 0.2) is 36.5 Å². The van der Waals surface area contributed by atoms with E-state index in [1.807, 2.05) is 0 Å². The van der Waals surface area contributed by atoms with Gasteiger partial charge < -0.3 is 10.6 Å². The van der Waals surface area contributed by atoms with E-state index in [4.69, 9.17) is 0 Å². The number of piperidine rings is 1. The molecule has 1 saturated heterocycles. The Hall–Kier alpha value is -2.35. The third-order valence-corrected chi connectivity index (χ3v) is 4.08. The largest absolute Gasteiger partial charge is 0.393 e. The smallest absolute Gasteiger partial charge is 0.321 e. The first-order valence-corrected chi connectivity index (χ1v) is 8.14. The highest BCUT2D eigenvalue weighted by molar-refractivity contribution is 6.02. The van der Waals surface area contributed by atoms with Gasteiger partial charge in [0.05, 0.1) is 12.5 Å². The lowest BCUT2D eigenvalue weighted by molar-refractivity contribution is -0.127. The number of hydrogen-bond donors (Lipinski definition) is 2. The van der Waals surface area contributed by atoms with Crippen LogP contribution in [0, 0.1) is 0 Å². The van der Waals surface area contributed by atoms with Gasteiger partial charge in [0.25, 0.3) is 5.91 Å². The Morgan fingerprint density at radius 1 is 1.36 bits per heavy atom. The Kier molecular flexibility index (Phi) is 5.08. The summed E-state index contributed by atoms with van der Waals surface area (Å²) in [4.78, 5) is 12.3. The number of aromatic nitrogens is 2. The zero-order valence-electron chi connectivity index (χ0n) is 13.5. The lowest BCUT2D eigenvalue weighted by atomic mass is 10.1. The minimum absolute atomic E-state index is 0.101. The predicted molar refractivity (Wildman–Crippen MR) is 87.5 cm³/mol. The molecule has 25 heavy (non-hydrogen) atoms. The van der Waals surface area contributed by atoms with Crippen LogP contribution in [0.2, 0.25) is 0 Å². The molecular formula is C17H19F3N4O. The molecule has 1 aliphatic heterocycles. The van der Waals surface area contributed by atoms with Gasteiger partial charge in [-0.2, -0.15) is 18.3 Å². The van der Waals surface area contributed by atoms with Gasteiger partial charge in [0.2, 0.25) is 0 Å². The van der Waals surface area contributed by atoms with E-state index in [1.54, 1.807) is 23.0 Å². The Labute approximate surface area is 143 Å². The van der Waals surface area contributed by atoms with Crippen LogP contribution in [0.4, 0.5) is 18.9 Å². The van der Waals surface area contributed by atoms with E-state index in [1.165, 1.54) is 18.2 Å². The van der Waals surface area contributed by atoms with Crippen molar-refractivity contribution >= 4 is 11.6 Å². The summed E-state index contributed by atoms with van der Waals surface area (Å²) in [7, 11) is 0. The number of halogens is 3. The molecule has 0 radical (unpaired) electrons. The highest BCUT2D eigenvalue weighted by Gasteiger charge is 2.27. The van der Waals surface area contributed by atoms with Crippen molar-refractivity contribution in [3.8, 4) is 0 Å². The van der Waals surface area contributed by atoms with E-state index >= 15 is 0 Å². The van der Waals surface area contributed by atoms with Crippen molar-refractivity contribution in [2.75, 3.05) is 18.4 Å². The summed E-state index contributed by atoms with van der Waals surface area (Å²) >= 11 is 0. The first kappa shape index (κ1) is 17.5. The van der Waals surface area contributed by atoms with Crippen LogP contribution in [0.5, 0.6) is 0 Å². The SMILES string of the molecule is O=C(Nc1cccc(CC(F)(F)F)c1)c1ccn(C2CCCNC2)n1. The second kappa shape index (κ2) is 7.26. The van der Waals surface area contributed by atoms with E-state index in [-0.39, 0.29) is 17.3 Å². The van der Waals surface area contributed by atoms with Gasteiger partial charge in [-0.1, -0.05) is 12.1 Å². The number of carbonyl (C=O) groups is 1. The van der Waals surface area contributed by atoms with Crippen molar-refractivity contribution in [3.63, 3.8) is 0 Å². The van der Waals surface area contributed by atoms with Gasteiger partial charge in [-0.3, -0.25) is 9.48 Å². The normalized spacial score (nSPS) is 18.1. The summed E-state index contributed by atoms with van der Waals surface area (Å²) < 4.78 is 39.2.